The summed E-state index contributed by atoms with van der Waals surface area (Å²) in [6, 6.07) is 18.3. The van der Waals surface area contributed by atoms with Crippen LogP contribution in [0, 0.1) is 6.92 Å². The fourth-order valence-corrected chi connectivity index (χ4v) is 7.86. The van der Waals surface area contributed by atoms with Gasteiger partial charge in [0, 0.05) is 36.7 Å². The zero-order valence-electron chi connectivity index (χ0n) is 19.4. The lowest BCUT2D eigenvalue weighted by Gasteiger charge is -2.49. The maximum absolute atomic E-state index is 14.4. The highest BCUT2D eigenvalue weighted by molar-refractivity contribution is 7.93. The van der Waals surface area contributed by atoms with Crippen LogP contribution in [0.2, 0.25) is 0 Å². The van der Waals surface area contributed by atoms with Crippen LogP contribution in [-0.2, 0) is 21.2 Å². The van der Waals surface area contributed by atoms with E-state index in [1.165, 1.54) is 0 Å². The number of hydrogen-bond acceptors (Lipinski definition) is 6. The molecule has 3 aliphatic heterocycles. The molecular formula is C26H27N3O4S. The zero-order chi connectivity index (χ0) is 23.9. The second-order valence-electron chi connectivity index (χ2n) is 9.47. The number of likely N-dealkylation sites (N-methyl/N-ethyl adjacent to an activating group) is 1. The Balaban J connectivity index is 1.70. The summed E-state index contributed by atoms with van der Waals surface area (Å²) in [5.74, 6) is 1.12. The van der Waals surface area contributed by atoms with Crippen LogP contribution >= 0.6 is 0 Å². The van der Waals surface area contributed by atoms with Gasteiger partial charge in [0.05, 0.1) is 23.4 Å². The minimum atomic E-state index is -3.95. The third-order valence-electron chi connectivity index (χ3n) is 7.54. The van der Waals surface area contributed by atoms with Crippen LogP contribution in [0.15, 0.2) is 65.6 Å². The number of methoxy groups -OCH3 is 1. The van der Waals surface area contributed by atoms with E-state index in [9.17, 15) is 8.42 Å². The monoisotopic (exact) mass is 477 g/mol. The first-order valence-electron chi connectivity index (χ1n) is 11.3. The molecule has 7 nitrogen and oxygen atoms in total. The molecule has 6 rings (SSSR count). The van der Waals surface area contributed by atoms with Gasteiger partial charge < -0.3 is 20.1 Å². The Bertz CT molecular complexity index is 1420. The molecular weight excluding hydrogens is 450 g/mol. The van der Waals surface area contributed by atoms with Gasteiger partial charge in [-0.15, -0.1) is 0 Å². The van der Waals surface area contributed by atoms with E-state index >= 15 is 0 Å². The average Bonchev–Trinajstić information content (AvgIpc) is 3.23. The van der Waals surface area contributed by atoms with E-state index in [1.807, 2.05) is 56.4 Å². The normalized spacial score (nSPS) is 25.2. The van der Waals surface area contributed by atoms with E-state index < -0.39 is 21.2 Å². The van der Waals surface area contributed by atoms with Gasteiger partial charge in [0.1, 0.15) is 17.0 Å². The molecule has 176 valence electrons. The van der Waals surface area contributed by atoms with Crippen molar-refractivity contribution in [3.63, 3.8) is 0 Å². The number of fused-ring (bicyclic) bond motifs is 2. The van der Waals surface area contributed by atoms with Crippen LogP contribution < -0.4 is 19.5 Å². The number of para-hydroxylation sites is 1. The number of nitrogen functional groups attached to an aromatic ring is 1. The number of ether oxygens (including phenoxy) is 2. The molecule has 3 aromatic rings. The Morgan fingerprint density at radius 2 is 1.79 bits per heavy atom. The molecule has 0 saturated carbocycles. The molecule has 3 aliphatic rings. The number of sulfonamides is 1. The van der Waals surface area contributed by atoms with E-state index in [-0.39, 0.29) is 4.90 Å². The number of piperidine rings is 1. The predicted octanol–water partition coefficient (Wildman–Crippen LogP) is 3.61. The van der Waals surface area contributed by atoms with Gasteiger partial charge >= 0.3 is 0 Å². The summed E-state index contributed by atoms with van der Waals surface area (Å²) < 4.78 is 42.7. The van der Waals surface area contributed by atoms with E-state index in [1.54, 1.807) is 29.6 Å². The summed E-state index contributed by atoms with van der Waals surface area (Å²) in [6.45, 7) is 3.18. The lowest BCUT2D eigenvalue weighted by atomic mass is 9.71. The molecule has 0 aromatic heterocycles. The summed E-state index contributed by atoms with van der Waals surface area (Å²) >= 11 is 0. The molecule has 8 heteroatoms. The van der Waals surface area contributed by atoms with Crippen molar-refractivity contribution >= 4 is 21.4 Å². The Morgan fingerprint density at radius 3 is 2.53 bits per heavy atom. The van der Waals surface area contributed by atoms with Crippen molar-refractivity contribution in [1.82, 2.24) is 4.90 Å². The summed E-state index contributed by atoms with van der Waals surface area (Å²) in [4.78, 5) is 2.42. The molecule has 2 atom stereocenters. The number of benzene rings is 3. The molecule has 0 spiro atoms. The van der Waals surface area contributed by atoms with Crippen molar-refractivity contribution in [1.29, 1.82) is 0 Å². The van der Waals surface area contributed by atoms with Crippen LogP contribution in [0.4, 0.5) is 11.4 Å². The second kappa shape index (κ2) is 6.90. The topological polar surface area (TPSA) is 85.1 Å². The third kappa shape index (κ3) is 2.47. The van der Waals surface area contributed by atoms with Crippen molar-refractivity contribution < 1.29 is 17.9 Å². The van der Waals surface area contributed by atoms with Crippen molar-refractivity contribution in [2.45, 2.75) is 29.4 Å². The molecule has 0 amide bonds. The molecule has 1 fully saturated rings. The average molecular weight is 478 g/mol. The number of likely N-dealkylation sites (tertiary alicyclic amines) is 1. The van der Waals surface area contributed by atoms with Gasteiger partial charge in [-0.1, -0.05) is 35.9 Å². The number of nitrogens with zero attached hydrogens (tertiary/aromatic N) is 2. The summed E-state index contributed by atoms with van der Waals surface area (Å²) in [5, 5.41) is 0. The van der Waals surface area contributed by atoms with Crippen LogP contribution in [0.5, 0.6) is 11.5 Å². The Morgan fingerprint density at radius 1 is 1.06 bits per heavy atom. The van der Waals surface area contributed by atoms with Crippen molar-refractivity contribution in [3.8, 4) is 11.5 Å². The first-order valence-corrected chi connectivity index (χ1v) is 12.8. The Hall–Kier alpha value is -3.23. The van der Waals surface area contributed by atoms with Gasteiger partial charge in [-0.2, -0.15) is 0 Å². The highest BCUT2D eigenvalue weighted by Gasteiger charge is 2.73. The molecule has 1 saturated heterocycles. The third-order valence-corrected chi connectivity index (χ3v) is 9.39. The fourth-order valence-electron chi connectivity index (χ4n) is 6.04. The van der Waals surface area contributed by atoms with Crippen LogP contribution in [0.3, 0.4) is 0 Å². The van der Waals surface area contributed by atoms with E-state index in [0.717, 1.165) is 23.2 Å². The van der Waals surface area contributed by atoms with E-state index in [4.69, 9.17) is 15.2 Å². The summed E-state index contributed by atoms with van der Waals surface area (Å²) in [7, 11) is -0.367. The van der Waals surface area contributed by atoms with Gasteiger partial charge in [-0.3, -0.25) is 0 Å². The van der Waals surface area contributed by atoms with Crippen LogP contribution in [0.1, 0.15) is 23.1 Å². The largest absolute Gasteiger partial charge is 0.494 e. The van der Waals surface area contributed by atoms with Crippen LogP contribution in [-0.4, -0.2) is 40.6 Å². The van der Waals surface area contributed by atoms with Crippen molar-refractivity contribution in [2.24, 2.45) is 0 Å². The smallest absolute Gasteiger partial charge is 0.265 e. The molecule has 34 heavy (non-hydrogen) atoms. The SMILES string of the molecule is COc1cc2c(cc1N)[C@]13CN(C)CC[C@@]1(O2)c1ccccc1N3S(=O)(=O)c1ccc(C)cc1. The highest BCUT2D eigenvalue weighted by atomic mass is 32.2. The molecule has 2 N–H and O–H groups in total. The van der Waals surface area contributed by atoms with E-state index in [2.05, 4.69) is 4.90 Å². The minimum absolute atomic E-state index is 0.251. The Labute approximate surface area is 199 Å². The van der Waals surface area contributed by atoms with Gasteiger partial charge in [0.25, 0.3) is 10.0 Å². The fraction of sp³-hybridized carbons (Fsp3) is 0.308. The van der Waals surface area contributed by atoms with E-state index in [0.29, 0.717) is 35.8 Å². The first-order chi connectivity index (χ1) is 16.2. The second-order valence-corrected chi connectivity index (χ2v) is 11.3. The highest BCUT2D eigenvalue weighted by Crippen LogP contribution is 2.68. The lowest BCUT2D eigenvalue weighted by molar-refractivity contribution is -0.0311. The van der Waals surface area contributed by atoms with Gasteiger partial charge in [-0.05, 0) is 38.2 Å². The number of hydrogen-bond donors (Lipinski definition) is 1. The van der Waals surface area contributed by atoms with Gasteiger partial charge in [-0.25, -0.2) is 12.7 Å². The van der Waals surface area contributed by atoms with Crippen LogP contribution in [0.25, 0.3) is 0 Å². The molecule has 0 radical (unpaired) electrons. The van der Waals surface area contributed by atoms with Crippen molar-refractivity contribution in [3.05, 3.63) is 77.4 Å². The maximum Gasteiger partial charge on any atom is 0.265 e. The number of anilines is 2. The Kier molecular flexibility index (Phi) is 4.32. The van der Waals surface area contributed by atoms with Gasteiger partial charge in [0.15, 0.2) is 5.60 Å². The minimum Gasteiger partial charge on any atom is -0.494 e. The number of aryl methyl sites for hydroxylation is 1. The molecule has 3 heterocycles. The summed E-state index contributed by atoms with van der Waals surface area (Å²) in [6.07, 6.45) is 0.636. The predicted molar refractivity (Wildman–Crippen MR) is 131 cm³/mol. The first kappa shape index (κ1) is 21.3. The molecule has 0 unspecified atom stereocenters. The molecule has 3 aromatic carbocycles. The number of nitrogens with two attached hydrogens (primary N) is 1. The van der Waals surface area contributed by atoms with Gasteiger partial charge in [0.2, 0.25) is 0 Å². The standard InChI is InChI=1S/C26H27N3O4S/c1-17-8-10-18(11-9-17)34(30,31)29-22-7-5-4-6-19(22)26-12-13-28(2)16-25(26,29)20-14-21(27)24(32-3)15-23(20)33-26/h4-11,14-15H,12-13,16,27H2,1-3H3/t25-,26-/m1/s1. The van der Waals surface area contributed by atoms with Crippen molar-refractivity contribution in [2.75, 3.05) is 37.3 Å². The molecule has 0 bridgehead atoms. The lowest BCUT2D eigenvalue weighted by Crippen LogP contribution is -2.64. The zero-order valence-corrected chi connectivity index (χ0v) is 20.2. The maximum atomic E-state index is 14.4. The quantitative estimate of drug-likeness (QED) is 0.580. The summed E-state index contributed by atoms with van der Waals surface area (Å²) in [5.41, 5.74) is 8.24. The molecule has 0 aliphatic carbocycles. The number of rotatable bonds is 3.